The van der Waals surface area contributed by atoms with Crippen molar-refractivity contribution >= 4 is 23.0 Å². The monoisotopic (exact) mass is 316 g/mol. The zero-order valence-corrected chi connectivity index (χ0v) is 12.6. The highest BCUT2D eigenvalue weighted by Crippen LogP contribution is 2.29. The maximum absolute atomic E-state index is 12.1. The van der Waals surface area contributed by atoms with Gasteiger partial charge in [0.25, 0.3) is 0 Å². The molecule has 1 aromatic rings. The van der Waals surface area contributed by atoms with Crippen LogP contribution >= 0.6 is 12.2 Å². The number of thiocarbonyl (C=S) groups is 1. The second kappa shape index (κ2) is 5.22. The Bertz CT molecular complexity index is 579. The molecule has 0 atom stereocenters. The molecule has 1 aromatic carbocycles. The quantitative estimate of drug-likeness (QED) is 0.835. The molecular formula is C14H15F3N2OS. The number of hydrogen-bond acceptors (Lipinski definition) is 2. The second-order valence-corrected chi connectivity index (χ2v) is 5.70. The number of nitrogens with one attached hydrogen (secondary N) is 1. The first kappa shape index (κ1) is 15.6. The Hall–Kier alpha value is -1.76. The standard InChI is InChI=1S/C14H15F3N2OS/c1-9-8-13(2,3)18-12(21)19(9)10-4-6-11(7-5-10)20-14(15,16)17/h4-8H,1-3H3,(H,18,21). The number of ether oxygens (including phenoxy) is 1. The average Bonchev–Trinajstić information content (AvgIpc) is 2.26. The maximum Gasteiger partial charge on any atom is 0.573 e. The third kappa shape index (κ3) is 3.87. The van der Waals surface area contributed by atoms with Crippen molar-refractivity contribution in [3.8, 4) is 5.75 Å². The van der Waals surface area contributed by atoms with Gasteiger partial charge in [-0.2, -0.15) is 0 Å². The van der Waals surface area contributed by atoms with Gasteiger partial charge >= 0.3 is 6.36 Å². The van der Waals surface area contributed by atoms with E-state index in [1.807, 2.05) is 26.8 Å². The summed E-state index contributed by atoms with van der Waals surface area (Å²) in [6, 6.07) is 5.59. The Morgan fingerprint density at radius 3 is 2.24 bits per heavy atom. The molecule has 0 radical (unpaired) electrons. The fraction of sp³-hybridized carbons (Fsp3) is 0.357. The fourth-order valence-corrected chi connectivity index (χ4v) is 2.74. The topological polar surface area (TPSA) is 24.5 Å². The highest BCUT2D eigenvalue weighted by molar-refractivity contribution is 7.80. The van der Waals surface area contributed by atoms with E-state index in [0.29, 0.717) is 10.8 Å². The van der Waals surface area contributed by atoms with Crippen LogP contribution in [-0.4, -0.2) is 17.0 Å². The Morgan fingerprint density at radius 2 is 1.76 bits per heavy atom. The van der Waals surface area contributed by atoms with Gasteiger partial charge in [0.2, 0.25) is 0 Å². The van der Waals surface area contributed by atoms with Crippen molar-refractivity contribution in [1.29, 1.82) is 0 Å². The summed E-state index contributed by atoms with van der Waals surface area (Å²) >= 11 is 5.32. The highest BCUT2D eigenvalue weighted by atomic mass is 32.1. The fourth-order valence-electron chi connectivity index (χ4n) is 2.23. The van der Waals surface area contributed by atoms with Crippen LogP contribution in [0.15, 0.2) is 36.0 Å². The van der Waals surface area contributed by atoms with Crippen molar-refractivity contribution in [1.82, 2.24) is 5.32 Å². The van der Waals surface area contributed by atoms with Gasteiger partial charge in [-0.15, -0.1) is 13.2 Å². The first-order valence-corrected chi connectivity index (χ1v) is 6.66. The smallest absolute Gasteiger partial charge is 0.406 e. The molecule has 7 heteroatoms. The zero-order valence-electron chi connectivity index (χ0n) is 11.8. The summed E-state index contributed by atoms with van der Waals surface area (Å²) in [5.74, 6) is -0.260. The van der Waals surface area contributed by atoms with Gasteiger partial charge in [0, 0.05) is 11.4 Å². The van der Waals surface area contributed by atoms with Gasteiger partial charge in [0.15, 0.2) is 5.11 Å². The van der Waals surface area contributed by atoms with Crippen LogP contribution in [0.5, 0.6) is 5.75 Å². The van der Waals surface area contributed by atoms with Crippen LogP contribution in [0.4, 0.5) is 18.9 Å². The van der Waals surface area contributed by atoms with Gasteiger partial charge in [-0.05, 0) is 63.3 Å². The zero-order chi connectivity index (χ0) is 15.8. The van der Waals surface area contributed by atoms with Gasteiger partial charge in [-0.1, -0.05) is 0 Å². The number of allylic oxidation sites excluding steroid dienone is 1. The Balaban J connectivity index is 2.25. The van der Waals surface area contributed by atoms with E-state index in [4.69, 9.17) is 12.2 Å². The number of hydrogen-bond donors (Lipinski definition) is 1. The molecule has 1 N–H and O–H groups in total. The molecule has 114 valence electrons. The van der Waals surface area contributed by atoms with Gasteiger partial charge < -0.3 is 10.1 Å². The summed E-state index contributed by atoms with van der Waals surface area (Å²) < 4.78 is 40.2. The lowest BCUT2D eigenvalue weighted by Crippen LogP contribution is -2.53. The van der Waals surface area contributed by atoms with E-state index < -0.39 is 6.36 Å². The minimum atomic E-state index is -4.69. The molecule has 1 aliphatic heterocycles. The molecule has 0 aliphatic carbocycles. The van der Waals surface area contributed by atoms with E-state index >= 15 is 0 Å². The van der Waals surface area contributed by atoms with E-state index in [-0.39, 0.29) is 11.3 Å². The van der Waals surface area contributed by atoms with Crippen molar-refractivity contribution < 1.29 is 17.9 Å². The Labute approximate surface area is 126 Å². The molecule has 0 fully saturated rings. The number of nitrogens with zero attached hydrogens (tertiary/aromatic N) is 1. The van der Waals surface area contributed by atoms with Crippen molar-refractivity contribution in [2.24, 2.45) is 0 Å². The van der Waals surface area contributed by atoms with Gasteiger partial charge in [0.05, 0.1) is 5.54 Å². The molecule has 0 bridgehead atoms. The van der Waals surface area contributed by atoms with E-state index in [9.17, 15) is 13.2 Å². The number of halogens is 3. The highest BCUT2D eigenvalue weighted by Gasteiger charge is 2.31. The predicted octanol–water partition coefficient (Wildman–Crippen LogP) is 3.96. The molecule has 0 saturated heterocycles. The minimum Gasteiger partial charge on any atom is -0.406 e. The molecule has 3 nitrogen and oxygen atoms in total. The van der Waals surface area contributed by atoms with E-state index in [2.05, 4.69) is 10.1 Å². The van der Waals surface area contributed by atoms with Crippen molar-refractivity contribution in [3.05, 3.63) is 36.0 Å². The lowest BCUT2D eigenvalue weighted by atomic mass is 10.0. The summed E-state index contributed by atoms with van der Waals surface area (Å²) in [4.78, 5) is 1.76. The van der Waals surface area contributed by atoms with Crippen molar-refractivity contribution in [2.45, 2.75) is 32.7 Å². The van der Waals surface area contributed by atoms with Crippen LogP contribution in [0.2, 0.25) is 0 Å². The van der Waals surface area contributed by atoms with Crippen LogP contribution in [0.25, 0.3) is 0 Å². The average molecular weight is 316 g/mol. The predicted molar refractivity (Wildman–Crippen MR) is 79.2 cm³/mol. The van der Waals surface area contributed by atoms with E-state index in [1.165, 1.54) is 24.3 Å². The number of anilines is 1. The lowest BCUT2D eigenvalue weighted by Gasteiger charge is -2.38. The minimum absolute atomic E-state index is 0.253. The molecule has 0 spiro atoms. The molecule has 2 rings (SSSR count). The van der Waals surface area contributed by atoms with Gasteiger partial charge in [0.1, 0.15) is 5.75 Å². The van der Waals surface area contributed by atoms with Gasteiger partial charge in [-0.3, -0.25) is 4.90 Å². The molecule has 0 aromatic heterocycles. The maximum atomic E-state index is 12.1. The third-order valence-corrected chi connectivity index (χ3v) is 3.17. The van der Waals surface area contributed by atoms with Crippen LogP contribution in [0.3, 0.4) is 0 Å². The SMILES string of the molecule is CC1=CC(C)(C)NC(=S)N1c1ccc(OC(F)(F)F)cc1. The summed E-state index contributed by atoms with van der Waals surface area (Å²) in [6.07, 6.45) is -2.69. The van der Waals surface area contributed by atoms with Crippen LogP contribution in [0, 0.1) is 0 Å². The molecule has 1 aliphatic rings. The van der Waals surface area contributed by atoms with E-state index in [0.717, 1.165) is 5.70 Å². The lowest BCUT2D eigenvalue weighted by molar-refractivity contribution is -0.274. The van der Waals surface area contributed by atoms with Crippen LogP contribution in [0.1, 0.15) is 20.8 Å². The first-order valence-electron chi connectivity index (χ1n) is 6.25. The first-order chi connectivity index (χ1) is 9.57. The summed E-state index contributed by atoms with van der Waals surface area (Å²) in [5, 5.41) is 3.66. The van der Waals surface area contributed by atoms with Crippen LogP contribution < -0.4 is 15.0 Å². The number of rotatable bonds is 2. The Kier molecular flexibility index (Phi) is 3.88. The number of alkyl halides is 3. The largest absolute Gasteiger partial charge is 0.573 e. The summed E-state index contributed by atoms with van der Waals surface area (Å²) in [6.45, 7) is 5.87. The molecule has 21 heavy (non-hydrogen) atoms. The molecule has 0 unspecified atom stereocenters. The van der Waals surface area contributed by atoms with Crippen LogP contribution in [-0.2, 0) is 0 Å². The summed E-state index contributed by atoms with van der Waals surface area (Å²) in [5.41, 5.74) is 1.33. The van der Waals surface area contributed by atoms with Gasteiger partial charge in [-0.25, -0.2) is 0 Å². The summed E-state index contributed by atoms with van der Waals surface area (Å²) in [7, 11) is 0. The molecular weight excluding hydrogens is 301 g/mol. The van der Waals surface area contributed by atoms with E-state index in [1.54, 1.807) is 4.90 Å². The molecule has 0 saturated carbocycles. The molecule has 1 heterocycles. The third-order valence-electron chi connectivity index (χ3n) is 2.88. The van der Waals surface area contributed by atoms with Crippen molar-refractivity contribution in [3.63, 3.8) is 0 Å². The number of benzene rings is 1. The molecule has 0 amide bonds. The van der Waals surface area contributed by atoms with Crippen molar-refractivity contribution in [2.75, 3.05) is 4.90 Å². The normalized spacial score (nSPS) is 18.1. The Morgan fingerprint density at radius 1 is 1.19 bits per heavy atom. The second-order valence-electron chi connectivity index (χ2n) is 5.31.